The molecule has 0 saturated heterocycles. The van der Waals surface area contributed by atoms with Crippen LogP contribution in [0.15, 0.2) is 34.7 Å². The number of rotatable bonds is 4. The minimum absolute atomic E-state index is 0.398. The third kappa shape index (κ3) is 2.31. The Bertz CT molecular complexity index is 925. The number of anilines is 1. The van der Waals surface area contributed by atoms with E-state index in [2.05, 4.69) is 30.5 Å². The quantitative estimate of drug-likeness (QED) is 0.616. The first kappa shape index (κ1) is 12.9. The van der Waals surface area contributed by atoms with Gasteiger partial charge >= 0.3 is 0 Å². The number of thiophene rings is 1. The maximum absolute atomic E-state index is 5.24. The van der Waals surface area contributed by atoms with Gasteiger partial charge in [0.2, 0.25) is 11.7 Å². The molecule has 0 radical (unpaired) electrons. The van der Waals surface area contributed by atoms with Crippen LogP contribution in [-0.4, -0.2) is 29.9 Å². The van der Waals surface area contributed by atoms with Gasteiger partial charge in [-0.1, -0.05) is 5.16 Å². The Kier molecular flexibility index (Phi) is 3.04. The number of aryl methyl sites for hydroxylation is 1. The van der Waals surface area contributed by atoms with Gasteiger partial charge in [-0.2, -0.15) is 10.1 Å². The smallest absolute Gasteiger partial charge is 0.246 e. The molecule has 0 unspecified atom stereocenters. The third-order valence-electron chi connectivity index (χ3n) is 3.10. The van der Waals surface area contributed by atoms with Crippen LogP contribution >= 0.6 is 11.3 Å². The molecule has 4 aromatic heterocycles. The first-order valence-electron chi connectivity index (χ1n) is 6.53. The van der Waals surface area contributed by atoms with Crippen LogP contribution in [0.25, 0.3) is 21.6 Å². The summed E-state index contributed by atoms with van der Waals surface area (Å²) < 4.78 is 6.93. The van der Waals surface area contributed by atoms with Crippen LogP contribution in [0.1, 0.15) is 5.89 Å². The number of nitrogens with zero attached hydrogens (tertiary/aromatic N) is 6. The first-order chi connectivity index (χ1) is 10.8. The fourth-order valence-electron chi connectivity index (χ4n) is 2.07. The Labute approximate surface area is 128 Å². The van der Waals surface area contributed by atoms with Gasteiger partial charge in [0.05, 0.1) is 23.7 Å². The summed E-state index contributed by atoms with van der Waals surface area (Å²) in [7, 11) is 1.84. The van der Waals surface area contributed by atoms with E-state index in [4.69, 9.17) is 4.52 Å². The van der Waals surface area contributed by atoms with E-state index in [0.29, 0.717) is 18.3 Å². The predicted octanol–water partition coefficient (Wildman–Crippen LogP) is 2.09. The molecule has 0 bridgehead atoms. The Morgan fingerprint density at radius 1 is 1.36 bits per heavy atom. The lowest BCUT2D eigenvalue weighted by Crippen LogP contribution is -2.02. The lowest BCUT2D eigenvalue weighted by molar-refractivity contribution is 0.384. The van der Waals surface area contributed by atoms with Crippen molar-refractivity contribution >= 4 is 27.4 Å². The second-order valence-electron chi connectivity index (χ2n) is 4.63. The zero-order valence-electron chi connectivity index (χ0n) is 11.6. The van der Waals surface area contributed by atoms with Crippen molar-refractivity contribution in [2.75, 3.05) is 5.32 Å². The monoisotopic (exact) mass is 313 g/mol. The third-order valence-corrected chi connectivity index (χ3v) is 3.92. The minimum atomic E-state index is 0.398. The summed E-state index contributed by atoms with van der Waals surface area (Å²) in [4.78, 5) is 13.7. The van der Waals surface area contributed by atoms with Gasteiger partial charge < -0.3 is 9.84 Å². The largest absolute Gasteiger partial charge is 0.360 e. The summed E-state index contributed by atoms with van der Waals surface area (Å²) in [6, 6.07) is 1.98. The average molecular weight is 313 g/mol. The summed E-state index contributed by atoms with van der Waals surface area (Å²) in [5, 5.41) is 14.2. The lowest BCUT2D eigenvalue weighted by Gasteiger charge is -2.02. The SMILES string of the molecule is Cn1cc(-c2noc(CNc3ncnc4sccc34)n2)cn1. The van der Waals surface area contributed by atoms with Gasteiger partial charge in [0.15, 0.2) is 0 Å². The van der Waals surface area contributed by atoms with Crippen LogP contribution in [-0.2, 0) is 13.6 Å². The van der Waals surface area contributed by atoms with E-state index in [1.54, 1.807) is 22.2 Å². The highest BCUT2D eigenvalue weighted by atomic mass is 32.1. The molecule has 0 atom stereocenters. The van der Waals surface area contributed by atoms with Crippen molar-refractivity contribution in [2.45, 2.75) is 6.54 Å². The fourth-order valence-corrected chi connectivity index (χ4v) is 2.80. The number of fused-ring (bicyclic) bond motifs is 1. The Hall–Kier alpha value is -2.81. The maximum atomic E-state index is 5.24. The van der Waals surface area contributed by atoms with Gasteiger partial charge in [0, 0.05) is 13.2 Å². The number of hydrogen-bond acceptors (Lipinski definition) is 8. The Morgan fingerprint density at radius 2 is 2.32 bits per heavy atom. The van der Waals surface area contributed by atoms with Crippen molar-refractivity contribution in [1.82, 2.24) is 29.9 Å². The molecule has 0 fully saturated rings. The first-order valence-corrected chi connectivity index (χ1v) is 7.41. The van der Waals surface area contributed by atoms with Crippen LogP contribution in [0.5, 0.6) is 0 Å². The predicted molar refractivity (Wildman–Crippen MR) is 81.2 cm³/mol. The van der Waals surface area contributed by atoms with Gasteiger partial charge in [-0.15, -0.1) is 11.3 Å². The minimum Gasteiger partial charge on any atom is -0.360 e. The average Bonchev–Trinajstić information content (AvgIpc) is 3.24. The molecule has 110 valence electrons. The van der Waals surface area contributed by atoms with Crippen molar-refractivity contribution < 1.29 is 4.52 Å². The van der Waals surface area contributed by atoms with Crippen molar-refractivity contribution in [3.05, 3.63) is 36.1 Å². The highest BCUT2D eigenvalue weighted by Gasteiger charge is 2.11. The molecule has 0 saturated carbocycles. The molecule has 4 rings (SSSR count). The van der Waals surface area contributed by atoms with Gasteiger partial charge in [-0.3, -0.25) is 4.68 Å². The van der Waals surface area contributed by atoms with Gasteiger partial charge in [0.25, 0.3) is 0 Å². The molecule has 22 heavy (non-hydrogen) atoms. The summed E-state index contributed by atoms with van der Waals surface area (Å²) in [5.41, 5.74) is 0.819. The van der Waals surface area contributed by atoms with E-state index in [0.717, 1.165) is 21.6 Å². The Balaban J connectivity index is 1.52. The molecule has 9 heteroatoms. The van der Waals surface area contributed by atoms with Crippen molar-refractivity contribution in [1.29, 1.82) is 0 Å². The second kappa shape index (κ2) is 5.19. The molecule has 4 heterocycles. The molecule has 8 nitrogen and oxygen atoms in total. The molecule has 0 spiro atoms. The lowest BCUT2D eigenvalue weighted by atomic mass is 10.3. The standard InChI is InChI=1S/C13H11N7OS/c1-20-6-8(4-17-20)11-18-10(21-19-11)5-14-12-9-2-3-22-13(9)16-7-15-12/h2-4,6-7H,5H2,1H3,(H,14,15,16). The molecule has 4 aromatic rings. The summed E-state index contributed by atoms with van der Waals surface area (Å²) in [5.74, 6) is 1.77. The van der Waals surface area contributed by atoms with Gasteiger partial charge in [-0.05, 0) is 11.4 Å². The van der Waals surface area contributed by atoms with Crippen LogP contribution in [0.2, 0.25) is 0 Å². The van der Waals surface area contributed by atoms with E-state index < -0.39 is 0 Å². The number of hydrogen-bond donors (Lipinski definition) is 1. The van der Waals surface area contributed by atoms with Gasteiger partial charge in [-0.25, -0.2) is 9.97 Å². The van der Waals surface area contributed by atoms with Gasteiger partial charge in [0.1, 0.15) is 17.0 Å². The van der Waals surface area contributed by atoms with Crippen LogP contribution in [0, 0.1) is 0 Å². The van der Waals surface area contributed by atoms with Crippen LogP contribution < -0.4 is 5.32 Å². The summed E-state index contributed by atoms with van der Waals surface area (Å²) in [6.07, 6.45) is 5.07. The molecule has 1 N–H and O–H groups in total. The van der Waals surface area contributed by atoms with E-state index in [9.17, 15) is 0 Å². The molecular weight excluding hydrogens is 302 g/mol. The molecule has 0 aliphatic rings. The topological polar surface area (TPSA) is 94.6 Å². The van der Waals surface area contributed by atoms with Crippen LogP contribution in [0.4, 0.5) is 5.82 Å². The Morgan fingerprint density at radius 3 is 3.18 bits per heavy atom. The zero-order chi connectivity index (χ0) is 14.9. The van der Waals surface area contributed by atoms with E-state index in [1.165, 1.54) is 6.33 Å². The second-order valence-corrected chi connectivity index (χ2v) is 5.52. The number of aromatic nitrogens is 6. The fraction of sp³-hybridized carbons (Fsp3) is 0.154. The van der Waals surface area contributed by atoms with Crippen LogP contribution in [0.3, 0.4) is 0 Å². The summed E-state index contributed by atoms with van der Waals surface area (Å²) in [6.45, 7) is 0.398. The molecule has 0 aliphatic heterocycles. The maximum Gasteiger partial charge on any atom is 0.246 e. The normalized spacial score (nSPS) is 11.1. The highest BCUT2D eigenvalue weighted by molar-refractivity contribution is 7.16. The van der Waals surface area contributed by atoms with E-state index in [-0.39, 0.29) is 0 Å². The van der Waals surface area contributed by atoms with E-state index >= 15 is 0 Å². The zero-order valence-corrected chi connectivity index (χ0v) is 12.4. The molecular formula is C13H11N7OS. The molecule has 0 aliphatic carbocycles. The van der Waals surface area contributed by atoms with Crippen molar-refractivity contribution in [3.8, 4) is 11.4 Å². The van der Waals surface area contributed by atoms with Crippen molar-refractivity contribution in [2.24, 2.45) is 7.05 Å². The number of nitrogens with one attached hydrogen (secondary N) is 1. The molecule has 0 amide bonds. The summed E-state index contributed by atoms with van der Waals surface area (Å²) >= 11 is 1.58. The molecule has 0 aromatic carbocycles. The highest BCUT2D eigenvalue weighted by Crippen LogP contribution is 2.24. The van der Waals surface area contributed by atoms with E-state index in [1.807, 2.05) is 24.7 Å². The van der Waals surface area contributed by atoms with Crippen molar-refractivity contribution in [3.63, 3.8) is 0 Å².